The summed E-state index contributed by atoms with van der Waals surface area (Å²) >= 11 is 0. The van der Waals surface area contributed by atoms with E-state index >= 15 is 0 Å². The summed E-state index contributed by atoms with van der Waals surface area (Å²) < 4.78 is 29.4. The Kier molecular flexibility index (Phi) is 6.55. The third kappa shape index (κ3) is 4.82. The van der Waals surface area contributed by atoms with E-state index in [0.29, 0.717) is 26.1 Å². The average Bonchev–Trinajstić information content (AvgIpc) is 2.79. The Hall–Kier alpha value is -2.42. The largest absolute Gasteiger partial charge is 0.368 e. The van der Waals surface area contributed by atoms with E-state index in [-0.39, 0.29) is 5.91 Å². The lowest BCUT2D eigenvalue weighted by molar-refractivity contribution is -0.129. The molecule has 1 amide bonds. The van der Waals surface area contributed by atoms with Gasteiger partial charge in [0, 0.05) is 65.5 Å². The summed E-state index contributed by atoms with van der Waals surface area (Å²) in [7, 11) is -1.89. The summed E-state index contributed by atoms with van der Waals surface area (Å²) in [6.45, 7) is 8.00. The van der Waals surface area contributed by atoms with E-state index in [1.807, 2.05) is 36.1 Å². The lowest BCUT2D eigenvalue weighted by Crippen LogP contribution is -2.48. The molecular formula is C24H32N4O3S. The molecule has 4 rings (SSSR count). The summed E-state index contributed by atoms with van der Waals surface area (Å²) in [6, 6.07) is 14.3. The van der Waals surface area contributed by atoms with E-state index in [9.17, 15) is 13.2 Å². The molecule has 0 atom stereocenters. The van der Waals surface area contributed by atoms with E-state index in [4.69, 9.17) is 0 Å². The van der Waals surface area contributed by atoms with Crippen LogP contribution in [0.5, 0.6) is 0 Å². The van der Waals surface area contributed by atoms with Crippen LogP contribution in [0.15, 0.2) is 42.5 Å². The number of benzene rings is 2. The average molecular weight is 457 g/mol. The fraction of sp³-hybridized carbons (Fsp3) is 0.458. The first-order valence-electron chi connectivity index (χ1n) is 11.1. The fourth-order valence-electron chi connectivity index (χ4n) is 4.42. The van der Waals surface area contributed by atoms with E-state index in [1.165, 1.54) is 9.87 Å². The Bertz CT molecular complexity index is 1080. The molecule has 0 radical (unpaired) electrons. The molecule has 7 nitrogen and oxygen atoms in total. The van der Waals surface area contributed by atoms with Crippen LogP contribution in [0.25, 0.3) is 0 Å². The third-order valence-electron chi connectivity index (χ3n) is 6.50. The Morgan fingerprint density at radius 2 is 1.66 bits per heavy atom. The molecule has 32 heavy (non-hydrogen) atoms. The van der Waals surface area contributed by atoms with Crippen molar-refractivity contribution < 1.29 is 13.2 Å². The number of carbonyl (C=O) groups excluding carboxylic acids is 1. The molecule has 2 heterocycles. The van der Waals surface area contributed by atoms with Crippen molar-refractivity contribution in [2.45, 2.75) is 33.4 Å². The first kappa shape index (κ1) is 22.8. The minimum atomic E-state index is -3.54. The van der Waals surface area contributed by atoms with Crippen LogP contribution in [-0.4, -0.2) is 67.6 Å². The molecule has 2 aromatic rings. The number of fused-ring (bicyclic) bond motifs is 1. The molecule has 8 heteroatoms. The van der Waals surface area contributed by atoms with Crippen LogP contribution < -0.4 is 4.90 Å². The van der Waals surface area contributed by atoms with E-state index in [1.54, 1.807) is 18.3 Å². The van der Waals surface area contributed by atoms with Crippen molar-refractivity contribution >= 4 is 21.8 Å². The number of hydrogen-bond donors (Lipinski definition) is 0. The Morgan fingerprint density at radius 1 is 0.969 bits per heavy atom. The van der Waals surface area contributed by atoms with E-state index in [2.05, 4.69) is 23.1 Å². The first-order valence-corrected chi connectivity index (χ1v) is 12.5. The Labute approximate surface area is 191 Å². The van der Waals surface area contributed by atoms with Gasteiger partial charge in [0.2, 0.25) is 5.91 Å². The third-order valence-corrected chi connectivity index (χ3v) is 8.38. The first-order chi connectivity index (χ1) is 15.2. The predicted octanol–water partition coefficient (Wildman–Crippen LogP) is 2.40. The Morgan fingerprint density at radius 3 is 2.31 bits per heavy atom. The van der Waals surface area contributed by atoms with Crippen molar-refractivity contribution in [3.63, 3.8) is 0 Å². The maximum absolute atomic E-state index is 13.2. The van der Waals surface area contributed by atoms with Gasteiger partial charge in [0.05, 0.1) is 0 Å². The number of piperazine rings is 1. The minimum absolute atomic E-state index is 0.128. The van der Waals surface area contributed by atoms with Gasteiger partial charge in [0.15, 0.2) is 0 Å². The molecule has 0 unspecified atom stereocenters. The lowest BCUT2D eigenvalue weighted by atomic mass is 10.00. The number of rotatable bonds is 5. The minimum Gasteiger partial charge on any atom is -0.368 e. The summed E-state index contributed by atoms with van der Waals surface area (Å²) in [5.74, 6) is 0.128. The Balaban J connectivity index is 1.42. The summed E-state index contributed by atoms with van der Waals surface area (Å²) in [6.07, 6.45) is 0.703. The number of carbonyl (C=O) groups is 1. The molecule has 0 N–H and O–H groups in total. The quantitative estimate of drug-likeness (QED) is 0.693. The SMILES string of the molecule is CC(=O)N1CCN(c2ccc3c(c2)CCN(S(=O)(=O)N(C)Cc2ccc(C)cc2)C3)CC1. The van der Waals surface area contributed by atoms with Crippen LogP contribution in [0.4, 0.5) is 5.69 Å². The highest BCUT2D eigenvalue weighted by molar-refractivity contribution is 7.86. The number of hydrogen-bond acceptors (Lipinski definition) is 4. The molecule has 0 bridgehead atoms. The van der Waals surface area contributed by atoms with Crippen LogP contribution in [0, 0.1) is 6.92 Å². The van der Waals surface area contributed by atoms with Gasteiger partial charge in [-0.25, -0.2) is 0 Å². The fourth-order valence-corrected chi connectivity index (χ4v) is 5.75. The van der Waals surface area contributed by atoms with Gasteiger partial charge in [0.25, 0.3) is 10.2 Å². The molecule has 0 aromatic heterocycles. The van der Waals surface area contributed by atoms with Crippen LogP contribution in [0.3, 0.4) is 0 Å². The van der Waals surface area contributed by atoms with Gasteiger partial charge in [-0.1, -0.05) is 35.9 Å². The molecule has 2 aliphatic rings. The van der Waals surface area contributed by atoms with Crippen LogP contribution in [0.2, 0.25) is 0 Å². The molecular weight excluding hydrogens is 424 g/mol. The zero-order valence-corrected chi connectivity index (χ0v) is 19.9. The van der Waals surface area contributed by atoms with Gasteiger partial charge in [-0.2, -0.15) is 17.0 Å². The predicted molar refractivity (Wildman–Crippen MR) is 127 cm³/mol. The second kappa shape index (κ2) is 9.21. The van der Waals surface area contributed by atoms with E-state index in [0.717, 1.165) is 48.6 Å². The van der Waals surface area contributed by atoms with Gasteiger partial charge < -0.3 is 9.80 Å². The van der Waals surface area contributed by atoms with Crippen molar-refractivity contribution in [2.24, 2.45) is 0 Å². The maximum Gasteiger partial charge on any atom is 0.282 e. The standard InChI is InChI=1S/C24H32N4O3S/c1-19-4-6-21(7-5-19)17-25(3)32(30,31)28-11-10-22-16-24(9-8-23(22)18-28)27-14-12-26(13-15-27)20(2)29/h4-9,16H,10-15,17-18H2,1-3H3. The van der Waals surface area contributed by atoms with Crippen molar-refractivity contribution in [1.29, 1.82) is 0 Å². The monoisotopic (exact) mass is 456 g/mol. The summed E-state index contributed by atoms with van der Waals surface area (Å²) in [5, 5.41) is 0. The smallest absolute Gasteiger partial charge is 0.282 e. The molecule has 1 saturated heterocycles. The normalized spacial score (nSPS) is 17.5. The van der Waals surface area contributed by atoms with Crippen LogP contribution in [-0.2, 0) is 34.5 Å². The van der Waals surface area contributed by atoms with Gasteiger partial charge in [-0.15, -0.1) is 0 Å². The number of nitrogens with zero attached hydrogens (tertiary/aromatic N) is 4. The summed E-state index contributed by atoms with van der Waals surface area (Å²) in [4.78, 5) is 15.7. The molecule has 0 saturated carbocycles. The number of amides is 1. The molecule has 1 fully saturated rings. The molecule has 0 aliphatic carbocycles. The second-order valence-electron chi connectivity index (χ2n) is 8.78. The zero-order chi connectivity index (χ0) is 22.9. The highest BCUT2D eigenvalue weighted by Gasteiger charge is 2.30. The second-order valence-corrected chi connectivity index (χ2v) is 10.8. The highest BCUT2D eigenvalue weighted by atomic mass is 32.2. The van der Waals surface area contributed by atoms with Crippen molar-refractivity contribution in [2.75, 3.05) is 44.7 Å². The summed E-state index contributed by atoms with van der Waals surface area (Å²) in [5.41, 5.74) is 5.57. The van der Waals surface area contributed by atoms with Gasteiger partial charge >= 0.3 is 0 Å². The van der Waals surface area contributed by atoms with Crippen LogP contribution >= 0.6 is 0 Å². The van der Waals surface area contributed by atoms with Gasteiger partial charge in [-0.3, -0.25) is 4.79 Å². The van der Waals surface area contributed by atoms with E-state index < -0.39 is 10.2 Å². The molecule has 2 aliphatic heterocycles. The van der Waals surface area contributed by atoms with Crippen LogP contribution in [0.1, 0.15) is 29.2 Å². The molecule has 0 spiro atoms. The topological polar surface area (TPSA) is 64.2 Å². The van der Waals surface area contributed by atoms with Gasteiger partial charge in [-0.05, 0) is 42.2 Å². The highest BCUT2D eigenvalue weighted by Crippen LogP contribution is 2.27. The van der Waals surface area contributed by atoms with Gasteiger partial charge in [0.1, 0.15) is 0 Å². The molecule has 172 valence electrons. The van der Waals surface area contributed by atoms with Crippen molar-refractivity contribution in [3.8, 4) is 0 Å². The number of anilines is 1. The lowest BCUT2D eigenvalue weighted by Gasteiger charge is -2.36. The van der Waals surface area contributed by atoms with Crippen molar-refractivity contribution in [1.82, 2.24) is 13.5 Å². The zero-order valence-electron chi connectivity index (χ0n) is 19.1. The molecule has 2 aromatic carbocycles. The number of aryl methyl sites for hydroxylation is 1. The van der Waals surface area contributed by atoms with Crippen molar-refractivity contribution in [3.05, 3.63) is 64.7 Å². The maximum atomic E-state index is 13.2.